The Morgan fingerprint density at radius 2 is 1.52 bits per heavy atom. The molecule has 0 spiro atoms. The SMILES string of the molecule is Cc1ccc(NC(=O)C[NH+](C)C(c2ccccc2)c2ccccc2)c(Cl)c1. The van der Waals surface area contributed by atoms with Gasteiger partial charge in [-0.3, -0.25) is 4.79 Å². The van der Waals surface area contributed by atoms with E-state index >= 15 is 0 Å². The lowest BCUT2D eigenvalue weighted by atomic mass is 9.97. The van der Waals surface area contributed by atoms with Crippen molar-refractivity contribution in [2.75, 3.05) is 18.9 Å². The first kappa shape index (κ1) is 19.2. The van der Waals surface area contributed by atoms with Crippen LogP contribution in [0.15, 0.2) is 78.9 Å². The summed E-state index contributed by atoms with van der Waals surface area (Å²) in [6, 6.07) is 26.3. The Labute approximate surface area is 165 Å². The fourth-order valence-corrected chi connectivity index (χ4v) is 3.61. The van der Waals surface area contributed by atoms with E-state index in [1.54, 1.807) is 0 Å². The molecule has 0 aliphatic heterocycles. The van der Waals surface area contributed by atoms with Crippen molar-refractivity contribution in [3.8, 4) is 0 Å². The lowest BCUT2D eigenvalue weighted by Gasteiger charge is -2.25. The van der Waals surface area contributed by atoms with Crippen molar-refractivity contribution in [2.45, 2.75) is 13.0 Å². The van der Waals surface area contributed by atoms with Crippen LogP contribution in [-0.2, 0) is 4.79 Å². The van der Waals surface area contributed by atoms with E-state index in [0.717, 1.165) is 10.5 Å². The molecule has 0 aromatic heterocycles. The fraction of sp³-hybridized carbons (Fsp3) is 0.174. The number of hydrogen-bond donors (Lipinski definition) is 2. The number of hydrogen-bond acceptors (Lipinski definition) is 1. The summed E-state index contributed by atoms with van der Waals surface area (Å²) in [6.07, 6.45) is 0. The molecule has 0 aliphatic carbocycles. The van der Waals surface area contributed by atoms with Crippen LogP contribution in [0.5, 0.6) is 0 Å². The van der Waals surface area contributed by atoms with Gasteiger partial charge in [0.05, 0.1) is 17.8 Å². The Bertz CT molecular complexity index is 857. The third-order valence-corrected chi connectivity index (χ3v) is 4.91. The smallest absolute Gasteiger partial charge is 0.279 e. The maximum Gasteiger partial charge on any atom is 0.279 e. The maximum absolute atomic E-state index is 12.6. The number of nitrogens with one attached hydrogen (secondary N) is 2. The van der Waals surface area contributed by atoms with Crippen LogP contribution in [0.1, 0.15) is 22.7 Å². The van der Waals surface area contributed by atoms with E-state index in [1.807, 2.05) is 68.6 Å². The molecule has 138 valence electrons. The molecule has 0 bridgehead atoms. The largest absolute Gasteiger partial charge is 0.320 e. The van der Waals surface area contributed by atoms with Crippen molar-refractivity contribution in [3.05, 3.63) is 101 Å². The Morgan fingerprint density at radius 3 is 2.04 bits per heavy atom. The Kier molecular flexibility index (Phi) is 6.28. The Balaban J connectivity index is 1.78. The van der Waals surface area contributed by atoms with Gasteiger partial charge in [-0.15, -0.1) is 0 Å². The zero-order chi connectivity index (χ0) is 19.2. The number of quaternary nitrogens is 1. The normalized spacial score (nSPS) is 12.0. The first-order valence-electron chi connectivity index (χ1n) is 9.03. The van der Waals surface area contributed by atoms with Crippen LogP contribution < -0.4 is 10.2 Å². The first-order chi connectivity index (χ1) is 13.0. The highest BCUT2D eigenvalue weighted by molar-refractivity contribution is 6.33. The van der Waals surface area contributed by atoms with Crippen molar-refractivity contribution >= 4 is 23.2 Å². The molecule has 1 unspecified atom stereocenters. The molecule has 27 heavy (non-hydrogen) atoms. The first-order valence-corrected chi connectivity index (χ1v) is 9.40. The summed E-state index contributed by atoms with van der Waals surface area (Å²) in [5, 5.41) is 3.49. The third-order valence-electron chi connectivity index (χ3n) is 4.60. The number of aryl methyl sites for hydroxylation is 1. The third kappa shape index (κ3) is 4.97. The van der Waals surface area contributed by atoms with Gasteiger partial charge in [0, 0.05) is 11.1 Å². The van der Waals surface area contributed by atoms with Crippen molar-refractivity contribution in [1.29, 1.82) is 0 Å². The number of carbonyl (C=O) groups is 1. The molecular formula is C23H24ClN2O+. The summed E-state index contributed by atoms with van der Waals surface area (Å²) in [6.45, 7) is 2.30. The van der Waals surface area contributed by atoms with E-state index in [2.05, 4.69) is 29.6 Å². The van der Waals surface area contributed by atoms with Gasteiger partial charge in [-0.2, -0.15) is 0 Å². The number of anilines is 1. The highest BCUT2D eigenvalue weighted by atomic mass is 35.5. The van der Waals surface area contributed by atoms with Gasteiger partial charge in [0.1, 0.15) is 6.04 Å². The van der Waals surface area contributed by atoms with Crippen LogP contribution in [0.2, 0.25) is 5.02 Å². The summed E-state index contributed by atoms with van der Waals surface area (Å²) in [7, 11) is 2.04. The van der Waals surface area contributed by atoms with Gasteiger partial charge >= 0.3 is 0 Å². The highest BCUT2D eigenvalue weighted by Gasteiger charge is 2.25. The summed E-state index contributed by atoms with van der Waals surface area (Å²) < 4.78 is 0. The number of carbonyl (C=O) groups excluding carboxylic acids is 1. The summed E-state index contributed by atoms with van der Waals surface area (Å²) in [5.41, 5.74) is 4.08. The van der Waals surface area contributed by atoms with Crippen molar-refractivity contribution < 1.29 is 9.69 Å². The maximum atomic E-state index is 12.6. The number of benzene rings is 3. The van der Waals surface area contributed by atoms with Crippen molar-refractivity contribution in [3.63, 3.8) is 0 Å². The topological polar surface area (TPSA) is 33.5 Å². The lowest BCUT2D eigenvalue weighted by molar-refractivity contribution is -0.897. The van der Waals surface area contributed by atoms with Gasteiger partial charge in [0.25, 0.3) is 5.91 Å². The minimum absolute atomic E-state index is 0.0601. The molecule has 1 atom stereocenters. The molecule has 3 aromatic carbocycles. The molecule has 3 aromatic rings. The molecule has 0 fully saturated rings. The zero-order valence-electron chi connectivity index (χ0n) is 15.6. The summed E-state index contributed by atoms with van der Waals surface area (Å²) >= 11 is 6.24. The van der Waals surface area contributed by atoms with Gasteiger partial charge in [-0.25, -0.2) is 0 Å². The van der Waals surface area contributed by atoms with E-state index in [0.29, 0.717) is 17.3 Å². The minimum atomic E-state index is -0.0601. The van der Waals surface area contributed by atoms with E-state index in [9.17, 15) is 4.79 Å². The lowest BCUT2D eigenvalue weighted by Crippen LogP contribution is -3.10. The van der Waals surface area contributed by atoms with Crippen LogP contribution >= 0.6 is 11.6 Å². The Morgan fingerprint density at radius 1 is 0.963 bits per heavy atom. The molecule has 2 N–H and O–H groups in total. The average Bonchev–Trinajstić information content (AvgIpc) is 2.66. The second-order valence-electron chi connectivity index (χ2n) is 6.81. The van der Waals surface area contributed by atoms with Crippen molar-refractivity contribution in [1.82, 2.24) is 0 Å². The summed E-state index contributed by atoms with van der Waals surface area (Å²) in [5.74, 6) is -0.0601. The van der Waals surface area contributed by atoms with Crippen molar-refractivity contribution in [2.24, 2.45) is 0 Å². The molecule has 0 saturated carbocycles. The van der Waals surface area contributed by atoms with Gasteiger partial charge in [-0.1, -0.05) is 78.3 Å². The van der Waals surface area contributed by atoms with E-state index in [-0.39, 0.29) is 11.9 Å². The number of amides is 1. The van der Waals surface area contributed by atoms with Gasteiger partial charge in [0.2, 0.25) is 0 Å². The molecule has 0 aliphatic rings. The van der Waals surface area contributed by atoms with E-state index in [4.69, 9.17) is 11.6 Å². The quantitative estimate of drug-likeness (QED) is 0.669. The second kappa shape index (κ2) is 8.85. The number of halogens is 1. The van der Waals surface area contributed by atoms with Gasteiger partial charge in [-0.05, 0) is 24.6 Å². The van der Waals surface area contributed by atoms with Gasteiger partial charge < -0.3 is 10.2 Å². The number of likely N-dealkylation sites (N-methyl/N-ethyl adjacent to an activating group) is 1. The van der Waals surface area contributed by atoms with Crippen LogP contribution in [0.3, 0.4) is 0 Å². The van der Waals surface area contributed by atoms with E-state index < -0.39 is 0 Å². The predicted octanol–water partition coefficient (Wildman–Crippen LogP) is 3.89. The zero-order valence-corrected chi connectivity index (χ0v) is 16.3. The molecule has 3 nitrogen and oxygen atoms in total. The molecule has 3 rings (SSSR count). The predicted molar refractivity (Wildman–Crippen MR) is 111 cm³/mol. The summed E-state index contributed by atoms with van der Waals surface area (Å²) in [4.78, 5) is 13.7. The standard InChI is InChI=1S/C23H23ClN2O/c1-17-13-14-21(20(24)15-17)25-22(27)16-26(2)23(18-9-5-3-6-10-18)19-11-7-4-8-12-19/h3-15,23H,16H2,1-2H3,(H,25,27)/p+1. The monoisotopic (exact) mass is 379 g/mol. The van der Waals surface area contributed by atoms with Crippen LogP contribution in [0.25, 0.3) is 0 Å². The molecule has 1 amide bonds. The van der Waals surface area contributed by atoms with Crippen LogP contribution in [0, 0.1) is 6.92 Å². The highest BCUT2D eigenvalue weighted by Crippen LogP contribution is 2.22. The van der Waals surface area contributed by atoms with Crippen LogP contribution in [-0.4, -0.2) is 19.5 Å². The average molecular weight is 380 g/mol. The van der Waals surface area contributed by atoms with E-state index in [1.165, 1.54) is 11.1 Å². The fourth-order valence-electron chi connectivity index (χ4n) is 3.32. The Hall–Kier alpha value is -2.62. The van der Waals surface area contributed by atoms with Gasteiger partial charge in [0.15, 0.2) is 6.54 Å². The minimum Gasteiger partial charge on any atom is -0.320 e. The molecule has 4 heteroatoms. The number of rotatable bonds is 6. The molecule has 0 saturated heterocycles. The van der Waals surface area contributed by atoms with Crippen LogP contribution in [0.4, 0.5) is 5.69 Å². The molecule has 0 radical (unpaired) electrons. The second-order valence-corrected chi connectivity index (χ2v) is 7.22. The molecular weight excluding hydrogens is 356 g/mol. The molecule has 0 heterocycles.